The van der Waals surface area contributed by atoms with Crippen LogP contribution in [0.5, 0.6) is 11.5 Å². The Labute approximate surface area is 383 Å². The van der Waals surface area contributed by atoms with Gasteiger partial charge in [-0.05, 0) is 86.5 Å². The summed E-state index contributed by atoms with van der Waals surface area (Å²) < 4.78 is 67.7. The molecule has 0 bridgehead atoms. The van der Waals surface area contributed by atoms with Crippen LogP contribution in [0.2, 0.25) is 0 Å². The number of rotatable bonds is 30. The second kappa shape index (κ2) is 26.9. The number of benzene rings is 4. The fraction of sp³-hybridized carbons (Fsp3) is 0.417. The fourth-order valence-electron chi connectivity index (χ4n) is 7.06. The molecule has 0 saturated heterocycles. The number of phenols is 1. The van der Waals surface area contributed by atoms with Crippen LogP contribution in [-0.2, 0) is 20.0 Å². The minimum atomic E-state index is -4.60. The molecule has 0 radical (unpaired) electrons. The van der Waals surface area contributed by atoms with Crippen LogP contribution in [0.15, 0.2) is 110 Å². The molecule has 0 aliphatic carbocycles. The highest BCUT2D eigenvalue weighted by atomic mass is 32.2. The third-order valence-corrected chi connectivity index (χ3v) is 13.3. The number of carboxylic acid groups (broad SMARTS) is 1. The number of hydrogen-bond donors (Lipinski definition) is 6. The van der Waals surface area contributed by atoms with E-state index >= 15 is 0 Å². The molecule has 0 unspecified atom stereocenters. The van der Waals surface area contributed by atoms with Crippen LogP contribution in [0.4, 0.5) is 17.1 Å². The van der Waals surface area contributed by atoms with E-state index in [1.165, 1.54) is 107 Å². The van der Waals surface area contributed by atoms with Crippen LogP contribution in [0.3, 0.4) is 0 Å². The normalized spacial score (nSPS) is 12.0. The predicted octanol–water partition coefficient (Wildman–Crippen LogP) is 11.3. The van der Waals surface area contributed by atoms with E-state index < -0.39 is 52.9 Å². The van der Waals surface area contributed by atoms with E-state index in [0.29, 0.717) is 23.4 Å². The lowest BCUT2D eigenvalue weighted by atomic mass is 10.0. The van der Waals surface area contributed by atoms with Crippen molar-refractivity contribution in [3.8, 4) is 11.5 Å². The first-order valence-corrected chi connectivity index (χ1v) is 25.3. The number of anilines is 3. The molecular formula is C48H63N5O10S2. The summed E-state index contributed by atoms with van der Waals surface area (Å²) in [7, 11) is -9.08. The lowest BCUT2D eigenvalue weighted by Gasteiger charge is -2.14. The van der Waals surface area contributed by atoms with E-state index in [1.54, 1.807) is 43.3 Å². The maximum Gasteiger partial charge on any atom is 0.339 e. The Bertz CT molecular complexity index is 2440. The number of hydrazone groups is 2. The molecule has 0 heterocycles. The number of nitrogens with one attached hydrogen (secondary N) is 3. The number of carbonyl (C=O) groups is 2. The first-order chi connectivity index (χ1) is 31.2. The van der Waals surface area contributed by atoms with Gasteiger partial charge in [0.15, 0.2) is 0 Å². The largest absolute Gasteiger partial charge is 0.507 e. The van der Waals surface area contributed by atoms with Gasteiger partial charge in [0.05, 0.1) is 27.8 Å². The third kappa shape index (κ3) is 17.3. The van der Waals surface area contributed by atoms with Crippen LogP contribution in [0.1, 0.15) is 144 Å². The quantitative estimate of drug-likeness (QED) is 0.0124. The summed E-state index contributed by atoms with van der Waals surface area (Å²) in [5.74, 6) is -2.62. The SMILES string of the molecule is CCCCCCCCCCCCCCCCC/C(C/C=N/Nc1ccc(NC(=O)c2ccccc2)cc1S(=O)(=O)c1ccc(O)c(C(=O)O)c1)=N\Nc1ccc(OCC)c(S(=O)(=O)O)c1. The highest BCUT2D eigenvalue weighted by molar-refractivity contribution is 7.91. The first-order valence-electron chi connectivity index (χ1n) is 22.4. The summed E-state index contributed by atoms with van der Waals surface area (Å²) in [6, 6.07) is 19.6. The van der Waals surface area contributed by atoms with Gasteiger partial charge in [-0.2, -0.15) is 18.6 Å². The van der Waals surface area contributed by atoms with Gasteiger partial charge in [-0.25, -0.2) is 13.2 Å². The maximum atomic E-state index is 14.1. The van der Waals surface area contributed by atoms with Crippen molar-refractivity contribution in [2.24, 2.45) is 10.2 Å². The molecule has 17 heteroatoms. The van der Waals surface area contributed by atoms with Crippen molar-refractivity contribution in [3.05, 3.63) is 96.1 Å². The predicted molar refractivity (Wildman–Crippen MR) is 256 cm³/mol. The van der Waals surface area contributed by atoms with Gasteiger partial charge in [0.25, 0.3) is 16.0 Å². The van der Waals surface area contributed by atoms with Gasteiger partial charge in [-0.3, -0.25) is 20.2 Å². The minimum Gasteiger partial charge on any atom is -0.507 e. The molecule has 15 nitrogen and oxygen atoms in total. The smallest absolute Gasteiger partial charge is 0.339 e. The van der Waals surface area contributed by atoms with Crippen LogP contribution in [-0.4, -0.2) is 62.0 Å². The van der Waals surface area contributed by atoms with E-state index in [1.807, 2.05) is 0 Å². The molecule has 0 aliphatic heterocycles. The number of sulfone groups is 1. The van der Waals surface area contributed by atoms with Gasteiger partial charge < -0.3 is 20.3 Å². The summed E-state index contributed by atoms with van der Waals surface area (Å²) in [5, 5.41) is 31.2. The molecule has 65 heavy (non-hydrogen) atoms. The van der Waals surface area contributed by atoms with Crippen molar-refractivity contribution in [1.82, 2.24) is 0 Å². The Hall–Kier alpha value is -5.78. The zero-order chi connectivity index (χ0) is 47.1. The van der Waals surface area contributed by atoms with Crippen LogP contribution in [0.25, 0.3) is 0 Å². The fourth-order valence-corrected chi connectivity index (χ4v) is 9.17. The van der Waals surface area contributed by atoms with Crippen molar-refractivity contribution >= 4 is 60.8 Å². The number of amides is 1. The number of aromatic carboxylic acids is 1. The van der Waals surface area contributed by atoms with Gasteiger partial charge in [-0.15, -0.1) is 0 Å². The summed E-state index contributed by atoms with van der Waals surface area (Å²) in [4.78, 5) is 23.6. The summed E-state index contributed by atoms with van der Waals surface area (Å²) in [5.41, 5.74) is 6.48. The number of ether oxygens (including phenoxy) is 1. The molecule has 0 spiro atoms. The second-order valence-electron chi connectivity index (χ2n) is 15.7. The third-order valence-electron chi connectivity index (χ3n) is 10.6. The lowest BCUT2D eigenvalue weighted by molar-refractivity contribution is 0.0693. The molecule has 0 aromatic heterocycles. The maximum absolute atomic E-state index is 14.1. The second-order valence-corrected chi connectivity index (χ2v) is 19.0. The zero-order valence-corrected chi connectivity index (χ0v) is 38.9. The van der Waals surface area contributed by atoms with Gasteiger partial charge >= 0.3 is 5.97 Å². The van der Waals surface area contributed by atoms with Gasteiger partial charge in [-0.1, -0.05) is 115 Å². The molecule has 0 saturated carbocycles. The standard InChI is InChI=1S/C48H63N5O10S2/c1-3-5-6-7-8-9-10-11-12-13-14-15-16-17-21-24-37(51-52-39-26-30-44(63-4-2)46(34-39)65(60,61)62)31-32-49-53-42-28-25-38(50-47(55)36-22-19-18-20-23-36)33-45(42)64(58,59)40-27-29-43(54)41(35-40)48(56)57/h18-20,22-23,25-30,32-35,52-54H,3-17,21,24,31H2,1-2H3,(H,50,55)(H,56,57)(H,60,61,62)/b49-32+,51-37+. The average Bonchev–Trinajstić information content (AvgIpc) is 3.28. The van der Waals surface area contributed by atoms with Crippen molar-refractivity contribution in [2.75, 3.05) is 22.8 Å². The van der Waals surface area contributed by atoms with E-state index in [4.69, 9.17) is 4.74 Å². The Morgan fingerprint density at radius 1 is 0.692 bits per heavy atom. The van der Waals surface area contributed by atoms with E-state index in [9.17, 15) is 41.2 Å². The van der Waals surface area contributed by atoms with Crippen LogP contribution >= 0.6 is 0 Å². The number of carboxylic acids is 1. The van der Waals surface area contributed by atoms with Crippen molar-refractivity contribution < 1.29 is 45.9 Å². The molecule has 4 aromatic rings. The van der Waals surface area contributed by atoms with Gasteiger partial charge in [0.1, 0.15) is 22.0 Å². The molecule has 352 valence electrons. The van der Waals surface area contributed by atoms with Crippen molar-refractivity contribution in [2.45, 2.75) is 138 Å². The number of aromatic hydroxyl groups is 1. The summed E-state index contributed by atoms with van der Waals surface area (Å²) in [6.07, 6.45) is 20.5. The monoisotopic (exact) mass is 933 g/mol. The molecule has 0 aliphatic rings. The first kappa shape index (κ1) is 51.9. The number of hydrogen-bond acceptors (Lipinski definition) is 12. The number of carbonyl (C=O) groups excluding carboxylic acids is 1. The summed E-state index contributed by atoms with van der Waals surface area (Å²) in [6.45, 7) is 4.12. The Morgan fingerprint density at radius 2 is 1.29 bits per heavy atom. The average molecular weight is 934 g/mol. The topological polar surface area (TPSA) is 233 Å². The molecule has 1 amide bonds. The number of nitrogens with zero attached hydrogens (tertiary/aromatic N) is 2. The minimum absolute atomic E-state index is 0.00138. The highest BCUT2D eigenvalue weighted by Gasteiger charge is 2.25. The lowest BCUT2D eigenvalue weighted by Crippen LogP contribution is -2.13. The molecule has 6 N–H and O–H groups in total. The van der Waals surface area contributed by atoms with Crippen molar-refractivity contribution in [1.29, 1.82) is 0 Å². The molecular weight excluding hydrogens is 871 g/mol. The van der Waals surface area contributed by atoms with E-state index in [0.717, 1.165) is 43.9 Å². The Kier molecular flexibility index (Phi) is 21.4. The van der Waals surface area contributed by atoms with E-state index in [2.05, 4.69) is 33.3 Å². The molecule has 0 atom stereocenters. The molecule has 0 fully saturated rings. The van der Waals surface area contributed by atoms with Gasteiger partial charge in [0.2, 0.25) is 9.84 Å². The van der Waals surface area contributed by atoms with Crippen molar-refractivity contribution in [3.63, 3.8) is 0 Å². The van der Waals surface area contributed by atoms with Crippen LogP contribution < -0.4 is 20.9 Å². The summed E-state index contributed by atoms with van der Waals surface area (Å²) >= 11 is 0. The zero-order valence-electron chi connectivity index (χ0n) is 37.3. The Balaban J connectivity index is 1.48. The highest BCUT2D eigenvalue weighted by Crippen LogP contribution is 2.33. The van der Waals surface area contributed by atoms with Crippen LogP contribution in [0, 0.1) is 0 Å². The molecule has 4 aromatic carbocycles. The van der Waals surface area contributed by atoms with E-state index in [-0.39, 0.29) is 35.0 Å². The Morgan fingerprint density at radius 3 is 1.89 bits per heavy atom. The molecule has 4 rings (SSSR count). The van der Waals surface area contributed by atoms with Gasteiger partial charge in [0, 0.05) is 29.6 Å². The number of unbranched alkanes of at least 4 members (excludes halogenated alkanes) is 14.